The van der Waals surface area contributed by atoms with Crippen molar-refractivity contribution in [1.29, 1.82) is 0 Å². The van der Waals surface area contributed by atoms with Crippen molar-refractivity contribution in [3.63, 3.8) is 0 Å². The van der Waals surface area contributed by atoms with E-state index in [2.05, 4.69) is 15.5 Å². The summed E-state index contributed by atoms with van der Waals surface area (Å²) in [7, 11) is 1.59. The first-order valence-electron chi connectivity index (χ1n) is 10.9. The molecule has 3 aromatic rings. The number of rotatable bonds is 12. The van der Waals surface area contributed by atoms with Crippen LogP contribution in [-0.4, -0.2) is 46.1 Å². The number of hydrogen-bond acceptors (Lipinski definition) is 8. The summed E-state index contributed by atoms with van der Waals surface area (Å²) >= 11 is 1.28. The molecule has 9 nitrogen and oxygen atoms in total. The zero-order valence-corrected chi connectivity index (χ0v) is 20.3. The van der Waals surface area contributed by atoms with Gasteiger partial charge in [-0.1, -0.05) is 36.9 Å². The molecule has 0 bridgehead atoms. The summed E-state index contributed by atoms with van der Waals surface area (Å²) in [6, 6.07) is 14.1. The van der Waals surface area contributed by atoms with Gasteiger partial charge in [0.2, 0.25) is 5.91 Å². The Morgan fingerprint density at radius 2 is 1.85 bits per heavy atom. The number of benzene rings is 2. The van der Waals surface area contributed by atoms with Gasteiger partial charge in [0, 0.05) is 12.2 Å². The molecular formula is C24H28N4O5S. The molecule has 1 heterocycles. The summed E-state index contributed by atoms with van der Waals surface area (Å²) in [6.45, 7) is 5.11. The van der Waals surface area contributed by atoms with Crippen molar-refractivity contribution in [2.24, 2.45) is 0 Å². The van der Waals surface area contributed by atoms with Crippen LogP contribution in [0.15, 0.2) is 53.7 Å². The van der Waals surface area contributed by atoms with Crippen LogP contribution in [0.3, 0.4) is 0 Å². The molecule has 1 amide bonds. The van der Waals surface area contributed by atoms with Crippen molar-refractivity contribution in [1.82, 2.24) is 14.8 Å². The second-order valence-corrected chi connectivity index (χ2v) is 8.08. The fourth-order valence-electron chi connectivity index (χ4n) is 3.06. The highest BCUT2D eigenvalue weighted by Gasteiger charge is 2.15. The van der Waals surface area contributed by atoms with Gasteiger partial charge >= 0.3 is 5.97 Å². The summed E-state index contributed by atoms with van der Waals surface area (Å²) in [5.74, 6) is 1.40. The van der Waals surface area contributed by atoms with E-state index in [0.717, 1.165) is 6.42 Å². The maximum absolute atomic E-state index is 12.5. The molecule has 0 aliphatic rings. The van der Waals surface area contributed by atoms with Gasteiger partial charge in [-0.05, 0) is 43.7 Å². The lowest BCUT2D eigenvalue weighted by molar-refractivity contribution is -0.113. The Balaban J connectivity index is 1.57. The second kappa shape index (κ2) is 12.6. The second-order valence-electron chi connectivity index (χ2n) is 7.14. The van der Waals surface area contributed by atoms with Gasteiger partial charge in [0.25, 0.3) is 0 Å². The maximum atomic E-state index is 12.5. The van der Waals surface area contributed by atoms with Crippen LogP contribution >= 0.6 is 11.8 Å². The number of carbonyl (C=O) groups excluding carboxylic acids is 2. The number of aromatic nitrogens is 3. The predicted octanol–water partition coefficient (Wildman–Crippen LogP) is 4.18. The van der Waals surface area contributed by atoms with Crippen LogP contribution in [0.25, 0.3) is 0 Å². The number of anilines is 1. The topological polar surface area (TPSA) is 105 Å². The van der Waals surface area contributed by atoms with Gasteiger partial charge in [0.1, 0.15) is 6.61 Å². The standard InChI is InChI=1S/C24H28N4O5S/c1-4-13-32-23(30)17-9-8-10-18(14-17)25-22(29)16-34-24-27-26-21(28(24)5-2)15-33-20-12-7-6-11-19(20)31-3/h6-12,14H,4-5,13,15-16H2,1-3H3,(H,25,29). The van der Waals surface area contributed by atoms with Crippen molar-refractivity contribution < 1.29 is 23.8 Å². The van der Waals surface area contributed by atoms with Crippen LogP contribution in [0.5, 0.6) is 11.5 Å². The van der Waals surface area contributed by atoms with Crippen LogP contribution in [0.1, 0.15) is 36.5 Å². The number of hydrogen-bond donors (Lipinski definition) is 1. The van der Waals surface area contributed by atoms with Crippen LogP contribution < -0.4 is 14.8 Å². The molecule has 1 N–H and O–H groups in total. The van der Waals surface area contributed by atoms with Gasteiger partial charge in [-0.25, -0.2) is 4.79 Å². The smallest absolute Gasteiger partial charge is 0.338 e. The molecule has 0 unspecified atom stereocenters. The number of amides is 1. The van der Waals surface area contributed by atoms with E-state index in [1.54, 1.807) is 31.4 Å². The summed E-state index contributed by atoms with van der Waals surface area (Å²) in [4.78, 5) is 24.5. The van der Waals surface area contributed by atoms with Gasteiger partial charge < -0.3 is 24.1 Å². The third-order valence-electron chi connectivity index (χ3n) is 4.69. The number of thioether (sulfide) groups is 1. The quantitative estimate of drug-likeness (QED) is 0.302. The molecule has 0 spiro atoms. The van der Waals surface area contributed by atoms with Crippen molar-refractivity contribution in [3.8, 4) is 11.5 Å². The van der Waals surface area contributed by atoms with Crippen molar-refractivity contribution in [3.05, 3.63) is 59.9 Å². The average molecular weight is 485 g/mol. The minimum absolute atomic E-state index is 0.135. The molecule has 180 valence electrons. The van der Waals surface area contributed by atoms with Gasteiger partial charge in [-0.15, -0.1) is 10.2 Å². The summed E-state index contributed by atoms with van der Waals surface area (Å²) in [6.07, 6.45) is 0.746. The number of nitrogens with one attached hydrogen (secondary N) is 1. The van der Waals surface area contributed by atoms with Crippen LogP contribution in [0, 0.1) is 0 Å². The molecule has 1 aromatic heterocycles. The average Bonchev–Trinajstić information content (AvgIpc) is 3.26. The van der Waals surface area contributed by atoms with Crippen molar-refractivity contribution >= 4 is 29.3 Å². The zero-order chi connectivity index (χ0) is 24.3. The first kappa shape index (κ1) is 25.1. The van der Waals surface area contributed by atoms with E-state index in [0.29, 0.717) is 46.9 Å². The van der Waals surface area contributed by atoms with E-state index in [1.165, 1.54) is 11.8 Å². The Kier molecular flexibility index (Phi) is 9.33. The fourth-order valence-corrected chi connectivity index (χ4v) is 3.88. The van der Waals surface area contributed by atoms with E-state index in [9.17, 15) is 9.59 Å². The molecule has 0 fully saturated rings. The third kappa shape index (κ3) is 6.74. The number of esters is 1. The summed E-state index contributed by atoms with van der Waals surface area (Å²) in [5, 5.41) is 11.9. The van der Waals surface area contributed by atoms with E-state index in [1.807, 2.05) is 42.7 Å². The Hall–Kier alpha value is -3.53. The predicted molar refractivity (Wildman–Crippen MR) is 129 cm³/mol. The Morgan fingerprint density at radius 1 is 1.06 bits per heavy atom. The molecule has 0 aliphatic carbocycles. The highest BCUT2D eigenvalue weighted by Crippen LogP contribution is 2.27. The van der Waals surface area contributed by atoms with Gasteiger partial charge in [-0.3, -0.25) is 4.79 Å². The largest absolute Gasteiger partial charge is 0.493 e. The fraction of sp³-hybridized carbons (Fsp3) is 0.333. The lowest BCUT2D eigenvalue weighted by Crippen LogP contribution is -2.15. The lowest BCUT2D eigenvalue weighted by Gasteiger charge is -2.11. The Labute approximate surface area is 202 Å². The van der Waals surface area contributed by atoms with E-state index in [4.69, 9.17) is 14.2 Å². The SMILES string of the molecule is CCCOC(=O)c1cccc(NC(=O)CSc2nnc(COc3ccccc3OC)n2CC)c1. The van der Waals surface area contributed by atoms with E-state index >= 15 is 0 Å². The molecule has 10 heteroatoms. The van der Waals surface area contributed by atoms with Crippen molar-refractivity contribution in [2.75, 3.05) is 24.8 Å². The molecule has 0 radical (unpaired) electrons. The molecule has 0 saturated carbocycles. The highest BCUT2D eigenvalue weighted by atomic mass is 32.2. The minimum Gasteiger partial charge on any atom is -0.493 e. The molecule has 3 rings (SSSR count). The Morgan fingerprint density at radius 3 is 2.59 bits per heavy atom. The minimum atomic E-state index is -0.411. The molecule has 0 saturated heterocycles. The number of ether oxygens (including phenoxy) is 3. The maximum Gasteiger partial charge on any atom is 0.338 e. The van der Waals surface area contributed by atoms with E-state index < -0.39 is 5.97 Å². The monoisotopic (exact) mass is 484 g/mol. The van der Waals surface area contributed by atoms with Crippen LogP contribution in [0.4, 0.5) is 5.69 Å². The molecule has 34 heavy (non-hydrogen) atoms. The van der Waals surface area contributed by atoms with Gasteiger partial charge in [0.15, 0.2) is 22.5 Å². The lowest BCUT2D eigenvalue weighted by atomic mass is 10.2. The number of nitrogens with zero attached hydrogens (tertiary/aromatic N) is 3. The molecule has 0 aliphatic heterocycles. The normalized spacial score (nSPS) is 10.6. The van der Waals surface area contributed by atoms with Crippen LogP contribution in [-0.2, 0) is 22.7 Å². The zero-order valence-electron chi connectivity index (χ0n) is 19.4. The number of methoxy groups -OCH3 is 1. The Bertz CT molecular complexity index is 1120. The summed E-state index contributed by atoms with van der Waals surface area (Å²) in [5.41, 5.74) is 0.920. The first-order chi connectivity index (χ1) is 16.5. The van der Waals surface area contributed by atoms with Gasteiger partial charge in [-0.2, -0.15) is 0 Å². The first-order valence-corrected chi connectivity index (χ1v) is 11.9. The van der Waals surface area contributed by atoms with Crippen LogP contribution in [0.2, 0.25) is 0 Å². The molecule has 2 aromatic carbocycles. The highest BCUT2D eigenvalue weighted by molar-refractivity contribution is 7.99. The van der Waals surface area contributed by atoms with E-state index in [-0.39, 0.29) is 18.3 Å². The number of carbonyl (C=O) groups is 2. The molecular weight excluding hydrogens is 456 g/mol. The van der Waals surface area contributed by atoms with Crippen molar-refractivity contribution in [2.45, 2.75) is 38.6 Å². The molecule has 0 atom stereocenters. The van der Waals surface area contributed by atoms with Gasteiger partial charge in [0.05, 0.1) is 25.0 Å². The third-order valence-corrected chi connectivity index (χ3v) is 5.65. The summed E-state index contributed by atoms with van der Waals surface area (Å²) < 4.78 is 18.2. The number of para-hydroxylation sites is 2.